The standard InChI is InChI=1S/C19H29NO2.C10H14O.C6H12O/c1-5-13(2)15-7-9-16(10-8-15)19(21)20-17-11-6-14(3)18(12-17)22-4;1-4-10-7(2)5-9(11)6-8(10)3;1-4-5(2)6(3)7/h6,11-13,15-16H,5,7-10H2,1-4H3,(H,20,21);5-6,11H,4H2,1-3H3;5H,4H2,1-3H3. The number of Topliss-reactive ketones (excluding diaryl/α,β-unsaturated/α-hetero) is 1. The summed E-state index contributed by atoms with van der Waals surface area (Å²) in [5, 5.41) is 12.3. The van der Waals surface area contributed by atoms with Crippen molar-refractivity contribution in [1.82, 2.24) is 0 Å². The minimum Gasteiger partial charge on any atom is -0.508 e. The van der Waals surface area contributed by atoms with E-state index < -0.39 is 0 Å². The normalized spacial score (nSPS) is 17.8. The molecular weight excluding hydrogens is 498 g/mol. The van der Waals surface area contributed by atoms with Gasteiger partial charge in [0.05, 0.1) is 7.11 Å². The van der Waals surface area contributed by atoms with Gasteiger partial charge in [-0.25, -0.2) is 0 Å². The van der Waals surface area contributed by atoms with Crippen LogP contribution in [-0.2, 0) is 16.0 Å². The molecule has 5 nitrogen and oxygen atoms in total. The number of hydrogen-bond acceptors (Lipinski definition) is 4. The highest BCUT2D eigenvalue weighted by atomic mass is 16.5. The molecule has 0 saturated heterocycles. The smallest absolute Gasteiger partial charge is 0.227 e. The third kappa shape index (κ3) is 11.3. The maximum absolute atomic E-state index is 12.4. The molecule has 1 fully saturated rings. The number of carbonyl (C=O) groups excluding carboxylic acids is 2. The molecule has 2 unspecified atom stereocenters. The van der Waals surface area contributed by atoms with E-state index in [4.69, 9.17) is 4.74 Å². The van der Waals surface area contributed by atoms with Crippen LogP contribution in [0.3, 0.4) is 0 Å². The van der Waals surface area contributed by atoms with Gasteiger partial charge in [0.1, 0.15) is 17.3 Å². The molecule has 2 aromatic carbocycles. The number of rotatable bonds is 8. The van der Waals surface area contributed by atoms with Gasteiger partial charge in [-0.3, -0.25) is 9.59 Å². The molecule has 1 aliphatic carbocycles. The summed E-state index contributed by atoms with van der Waals surface area (Å²) < 4.78 is 5.31. The lowest BCUT2D eigenvalue weighted by Crippen LogP contribution is -2.28. The molecule has 0 bridgehead atoms. The SMILES string of the molecule is CCC(C)C(C)=O.CCC(C)C1CCC(C(=O)Nc2ccc(C)c(OC)c2)CC1.CCc1c(C)cc(O)cc1C. The largest absolute Gasteiger partial charge is 0.508 e. The third-order valence-electron chi connectivity index (χ3n) is 8.61. The van der Waals surface area contributed by atoms with Gasteiger partial charge in [0.25, 0.3) is 0 Å². The fourth-order valence-electron chi connectivity index (χ4n) is 5.24. The lowest BCUT2D eigenvalue weighted by Gasteiger charge is -2.31. The quantitative estimate of drug-likeness (QED) is 0.342. The van der Waals surface area contributed by atoms with E-state index in [1.807, 2.05) is 65.0 Å². The van der Waals surface area contributed by atoms with Crippen molar-refractivity contribution in [3.63, 3.8) is 0 Å². The van der Waals surface area contributed by atoms with Crippen molar-refractivity contribution in [1.29, 1.82) is 0 Å². The number of aromatic hydroxyl groups is 1. The summed E-state index contributed by atoms with van der Waals surface area (Å²) in [6.07, 6.45) is 7.65. The molecule has 0 radical (unpaired) electrons. The number of ketones is 1. The molecule has 1 amide bonds. The summed E-state index contributed by atoms with van der Waals surface area (Å²) in [6.45, 7) is 18.4. The number of nitrogens with one attached hydrogen (secondary N) is 1. The Balaban J connectivity index is 0.000000368. The van der Waals surface area contributed by atoms with Gasteiger partial charge in [0, 0.05) is 23.6 Å². The van der Waals surface area contributed by atoms with Crippen molar-refractivity contribution in [2.24, 2.45) is 23.7 Å². The van der Waals surface area contributed by atoms with Crippen LogP contribution < -0.4 is 10.1 Å². The van der Waals surface area contributed by atoms with E-state index in [9.17, 15) is 14.7 Å². The van der Waals surface area contributed by atoms with Crippen LogP contribution in [0.4, 0.5) is 5.69 Å². The van der Waals surface area contributed by atoms with E-state index in [2.05, 4.69) is 26.1 Å². The molecule has 0 aliphatic heterocycles. The Morgan fingerprint density at radius 2 is 1.50 bits per heavy atom. The van der Waals surface area contributed by atoms with Gasteiger partial charge in [-0.05, 0) is 119 Å². The molecule has 2 atom stereocenters. The second-order valence-corrected chi connectivity index (χ2v) is 11.5. The van der Waals surface area contributed by atoms with E-state index in [0.717, 1.165) is 54.5 Å². The predicted octanol–water partition coefficient (Wildman–Crippen LogP) is 8.99. The van der Waals surface area contributed by atoms with Crippen LogP contribution in [-0.4, -0.2) is 23.9 Å². The Bertz CT molecular complexity index is 1050. The van der Waals surface area contributed by atoms with Crippen molar-refractivity contribution in [3.8, 4) is 11.5 Å². The Morgan fingerprint density at radius 3 is 1.93 bits per heavy atom. The van der Waals surface area contributed by atoms with Gasteiger partial charge in [-0.1, -0.05) is 47.1 Å². The molecule has 0 aromatic heterocycles. The summed E-state index contributed by atoms with van der Waals surface area (Å²) in [6, 6.07) is 9.45. The van der Waals surface area contributed by atoms with Crippen molar-refractivity contribution in [2.45, 2.75) is 107 Å². The predicted molar refractivity (Wildman–Crippen MR) is 168 cm³/mol. The maximum Gasteiger partial charge on any atom is 0.227 e. The van der Waals surface area contributed by atoms with Crippen molar-refractivity contribution >= 4 is 17.4 Å². The first-order valence-electron chi connectivity index (χ1n) is 15.1. The molecular formula is C35H55NO4. The molecule has 40 heavy (non-hydrogen) atoms. The van der Waals surface area contributed by atoms with Gasteiger partial charge in [-0.2, -0.15) is 0 Å². The molecule has 2 aromatic rings. The zero-order valence-electron chi connectivity index (χ0n) is 26.8. The Hall–Kier alpha value is -2.82. The van der Waals surface area contributed by atoms with E-state index in [1.165, 1.54) is 36.0 Å². The zero-order valence-corrected chi connectivity index (χ0v) is 26.8. The lowest BCUT2D eigenvalue weighted by molar-refractivity contribution is -0.121. The molecule has 1 aliphatic rings. The fraction of sp³-hybridized carbons (Fsp3) is 0.600. The molecule has 1 saturated carbocycles. The second kappa shape index (κ2) is 17.8. The highest BCUT2D eigenvalue weighted by Gasteiger charge is 2.28. The number of benzene rings is 2. The number of phenols is 1. The van der Waals surface area contributed by atoms with E-state index in [1.54, 1.807) is 14.0 Å². The van der Waals surface area contributed by atoms with Gasteiger partial charge in [-0.15, -0.1) is 0 Å². The van der Waals surface area contributed by atoms with E-state index in [0.29, 0.717) is 11.5 Å². The number of phenolic OH excluding ortho intramolecular Hbond substituents is 1. The van der Waals surface area contributed by atoms with Crippen molar-refractivity contribution in [2.75, 3.05) is 12.4 Å². The van der Waals surface area contributed by atoms with Crippen LogP contribution in [0.25, 0.3) is 0 Å². The number of anilines is 1. The molecule has 0 spiro atoms. The van der Waals surface area contributed by atoms with E-state index >= 15 is 0 Å². The van der Waals surface area contributed by atoms with Gasteiger partial charge < -0.3 is 15.2 Å². The van der Waals surface area contributed by atoms with Gasteiger partial charge >= 0.3 is 0 Å². The molecule has 0 heterocycles. The first-order chi connectivity index (χ1) is 18.9. The van der Waals surface area contributed by atoms with Crippen LogP contribution in [0.1, 0.15) is 102 Å². The Morgan fingerprint density at radius 1 is 0.925 bits per heavy atom. The summed E-state index contributed by atoms with van der Waals surface area (Å²) in [5.74, 6) is 3.65. The maximum atomic E-state index is 12.4. The number of amides is 1. The molecule has 2 N–H and O–H groups in total. The average molecular weight is 554 g/mol. The summed E-state index contributed by atoms with van der Waals surface area (Å²) in [7, 11) is 1.66. The molecule has 3 rings (SSSR count). The Kier molecular flexibility index (Phi) is 15.7. The van der Waals surface area contributed by atoms with Crippen LogP contribution >= 0.6 is 0 Å². The number of methoxy groups -OCH3 is 1. The first-order valence-corrected chi connectivity index (χ1v) is 15.1. The van der Waals surface area contributed by atoms with Crippen LogP contribution in [0.2, 0.25) is 0 Å². The number of hydrogen-bond donors (Lipinski definition) is 2. The number of aryl methyl sites for hydroxylation is 3. The van der Waals surface area contributed by atoms with Gasteiger partial charge in [0.15, 0.2) is 0 Å². The highest BCUT2D eigenvalue weighted by molar-refractivity contribution is 5.92. The number of ether oxygens (including phenoxy) is 1. The topological polar surface area (TPSA) is 75.6 Å². The monoisotopic (exact) mass is 553 g/mol. The molecule has 5 heteroatoms. The van der Waals surface area contributed by atoms with E-state index in [-0.39, 0.29) is 17.7 Å². The molecule has 224 valence electrons. The van der Waals surface area contributed by atoms with Crippen molar-refractivity contribution in [3.05, 3.63) is 52.6 Å². The first kappa shape index (κ1) is 35.2. The van der Waals surface area contributed by atoms with Crippen LogP contribution in [0.15, 0.2) is 30.3 Å². The average Bonchev–Trinajstić information content (AvgIpc) is 2.93. The minimum absolute atomic E-state index is 0.160. The van der Waals surface area contributed by atoms with Gasteiger partial charge in [0.2, 0.25) is 5.91 Å². The van der Waals surface area contributed by atoms with Crippen LogP contribution in [0, 0.1) is 44.4 Å². The second-order valence-electron chi connectivity index (χ2n) is 11.5. The zero-order chi connectivity index (χ0) is 30.4. The lowest BCUT2D eigenvalue weighted by atomic mass is 9.75. The number of carbonyl (C=O) groups is 2. The fourth-order valence-corrected chi connectivity index (χ4v) is 5.24. The van der Waals surface area contributed by atoms with Crippen LogP contribution in [0.5, 0.6) is 11.5 Å². The summed E-state index contributed by atoms with van der Waals surface area (Å²) in [4.78, 5) is 22.8. The summed E-state index contributed by atoms with van der Waals surface area (Å²) in [5.41, 5.74) is 5.63. The Labute approximate surface area is 244 Å². The third-order valence-corrected chi connectivity index (χ3v) is 8.61. The van der Waals surface area contributed by atoms with Crippen molar-refractivity contribution < 1.29 is 19.4 Å². The minimum atomic E-state index is 0.160. The highest BCUT2D eigenvalue weighted by Crippen LogP contribution is 2.35. The summed E-state index contributed by atoms with van der Waals surface area (Å²) >= 11 is 0.